The Balaban J connectivity index is 2.74. The molecule has 1 N–H and O–H groups in total. The summed E-state index contributed by atoms with van der Waals surface area (Å²) in [7, 11) is 0. The molecule has 12 heavy (non-hydrogen) atoms. The van der Waals surface area contributed by atoms with Crippen LogP contribution >= 0.6 is 0 Å². The van der Waals surface area contributed by atoms with E-state index in [1.165, 1.54) is 0 Å². The molecule has 0 amide bonds. The molecule has 0 aromatic carbocycles. The normalized spacial score (nSPS) is 23.6. The average molecular weight is 170 g/mol. The highest BCUT2D eigenvalue weighted by molar-refractivity contribution is 5.03. The van der Waals surface area contributed by atoms with Crippen LogP contribution in [0.2, 0.25) is 0 Å². The van der Waals surface area contributed by atoms with E-state index in [0.717, 1.165) is 0 Å². The Morgan fingerprint density at radius 2 is 1.92 bits per heavy atom. The molecule has 0 aliphatic carbocycles. The maximum atomic E-state index is 10.2. The van der Waals surface area contributed by atoms with Crippen molar-refractivity contribution in [2.24, 2.45) is 5.41 Å². The highest BCUT2D eigenvalue weighted by Gasteiger charge is 2.42. The predicted octanol–water partition coefficient (Wildman–Crippen LogP) is 1.74. The molecule has 0 bridgehead atoms. The first-order valence-electron chi connectivity index (χ1n) is 4.45. The number of hydrogen-bond acceptors (Lipinski definition) is 2. The van der Waals surface area contributed by atoms with Gasteiger partial charge in [0.15, 0.2) is 0 Å². The fourth-order valence-corrected chi connectivity index (χ4v) is 1.54. The molecule has 70 valence electrons. The Bertz CT molecular complexity index is 167. The third kappa shape index (κ3) is 1.54. The second kappa shape index (κ2) is 3.19. The number of rotatable bonds is 2. The van der Waals surface area contributed by atoms with E-state index >= 15 is 0 Å². The molecule has 1 heterocycles. The van der Waals surface area contributed by atoms with Crippen LogP contribution in [0.1, 0.15) is 26.7 Å². The van der Waals surface area contributed by atoms with Gasteiger partial charge in [-0.2, -0.15) is 0 Å². The largest absolute Gasteiger partial charge is 0.389 e. The fourth-order valence-electron chi connectivity index (χ4n) is 1.54. The van der Waals surface area contributed by atoms with Gasteiger partial charge in [-0.1, -0.05) is 19.9 Å². The van der Waals surface area contributed by atoms with Gasteiger partial charge in [0.2, 0.25) is 0 Å². The van der Waals surface area contributed by atoms with Gasteiger partial charge in [0.25, 0.3) is 0 Å². The van der Waals surface area contributed by atoms with E-state index in [9.17, 15) is 5.11 Å². The summed E-state index contributed by atoms with van der Waals surface area (Å²) in [6.45, 7) is 9.11. The smallest absolute Gasteiger partial charge is 0.0776 e. The molecule has 1 fully saturated rings. The molecule has 2 heteroatoms. The van der Waals surface area contributed by atoms with Crippen LogP contribution < -0.4 is 0 Å². The molecule has 2 nitrogen and oxygen atoms in total. The highest BCUT2D eigenvalue weighted by Crippen LogP contribution is 2.39. The van der Waals surface area contributed by atoms with Crippen molar-refractivity contribution >= 4 is 0 Å². The zero-order valence-corrected chi connectivity index (χ0v) is 7.97. The van der Waals surface area contributed by atoms with Gasteiger partial charge in [0.1, 0.15) is 0 Å². The lowest BCUT2D eigenvalue weighted by atomic mass is 9.71. The summed E-state index contributed by atoms with van der Waals surface area (Å²) in [5.41, 5.74) is -0.830. The minimum atomic E-state index is -0.618. The van der Waals surface area contributed by atoms with E-state index in [4.69, 9.17) is 4.74 Å². The van der Waals surface area contributed by atoms with E-state index in [1.807, 2.05) is 19.9 Å². The number of ether oxygens (including phenoxy) is 1. The van der Waals surface area contributed by atoms with Crippen LogP contribution in [0.25, 0.3) is 0 Å². The van der Waals surface area contributed by atoms with Crippen molar-refractivity contribution in [1.29, 1.82) is 0 Å². The van der Waals surface area contributed by atoms with Crippen molar-refractivity contribution in [1.82, 2.24) is 0 Å². The summed E-state index contributed by atoms with van der Waals surface area (Å²) < 4.78 is 5.21. The van der Waals surface area contributed by atoms with Crippen LogP contribution in [0, 0.1) is 5.41 Å². The summed E-state index contributed by atoms with van der Waals surface area (Å²) in [5, 5.41) is 10.2. The molecular weight excluding hydrogens is 152 g/mol. The molecule has 0 unspecified atom stereocenters. The first-order valence-corrected chi connectivity index (χ1v) is 4.45. The van der Waals surface area contributed by atoms with Crippen molar-refractivity contribution in [3.05, 3.63) is 12.7 Å². The van der Waals surface area contributed by atoms with Gasteiger partial charge < -0.3 is 9.84 Å². The molecule has 0 saturated carbocycles. The lowest BCUT2D eigenvalue weighted by Crippen LogP contribution is -2.47. The Morgan fingerprint density at radius 3 is 2.33 bits per heavy atom. The average Bonchev–Trinajstić information content (AvgIpc) is 2.06. The Kier molecular flexibility index (Phi) is 2.59. The van der Waals surface area contributed by atoms with E-state index in [0.29, 0.717) is 26.1 Å². The Labute approximate surface area is 74.2 Å². The molecule has 0 spiro atoms. The van der Waals surface area contributed by atoms with Crippen LogP contribution in [-0.2, 0) is 4.74 Å². The highest BCUT2D eigenvalue weighted by atomic mass is 16.5. The molecular formula is C10H18O2. The first kappa shape index (κ1) is 9.75. The van der Waals surface area contributed by atoms with E-state index in [-0.39, 0.29) is 5.41 Å². The monoisotopic (exact) mass is 170 g/mol. The van der Waals surface area contributed by atoms with Crippen molar-refractivity contribution in [3.8, 4) is 0 Å². The quantitative estimate of drug-likeness (QED) is 0.640. The summed E-state index contributed by atoms with van der Waals surface area (Å²) >= 11 is 0. The number of aliphatic hydroxyl groups is 1. The van der Waals surface area contributed by atoms with Crippen molar-refractivity contribution in [3.63, 3.8) is 0 Å². The summed E-state index contributed by atoms with van der Waals surface area (Å²) in [4.78, 5) is 0. The molecule has 1 aliphatic heterocycles. The lowest BCUT2D eigenvalue weighted by Gasteiger charge is -2.43. The third-order valence-corrected chi connectivity index (χ3v) is 3.03. The molecule has 1 rings (SSSR count). The van der Waals surface area contributed by atoms with Gasteiger partial charge in [-0.05, 0) is 0 Å². The van der Waals surface area contributed by atoms with Gasteiger partial charge in [-0.15, -0.1) is 6.58 Å². The van der Waals surface area contributed by atoms with E-state index in [2.05, 4.69) is 6.58 Å². The minimum Gasteiger partial charge on any atom is -0.389 e. The summed E-state index contributed by atoms with van der Waals surface area (Å²) in [5.74, 6) is 0. The topological polar surface area (TPSA) is 29.5 Å². The van der Waals surface area contributed by atoms with Gasteiger partial charge in [0.05, 0.1) is 5.60 Å². The molecule has 0 radical (unpaired) electrons. The second-order valence-electron chi connectivity index (χ2n) is 4.07. The first-order chi connectivity index (χ1) is 5.52. The van der Waals surface area contributed by atoms with Gasteiger partial charge >= 0.3 is 0 Å². The van der Waals surface area contributed by atoms with Gasteiger partial charge in [-0.25, -0.2) is 0 Å². The molecule has 0 atom stereocenters. The molecule has 0 aromatic rings. The van der Waals surface area contributed by atoms with Crippen LogP contribution in [0.4, 0.5) is 0 Å². The standard InChI is InChI=1S/C10H18O2/c1-4-9(2,3)10(11)5-7-12-8-6-10/h4,11H,1,5-8H2,2-3H3. The van der Waals surface area contributed by atoms with Crippen LogP contribution in [0.3, 0.4) is 0 Å². The summed E-state index contributed by atoms with van der Waals surface area (Å²) in [6, 6.07) is 0. The zero-order valence-electron chi connectivity index (χ0n) is 7.97. The van der Waals surface area contributed by atoms with Crippen molar-refractivity contribution < 1.29 is 9.84 Å². The van der Waals surface area contributed by atoms with Crippen LogP contribution in [0.15, 0.2) is 12.7 Å². The maximum absolute atomic E-state index is 10.2. The zero-order chi connectivity index (χ0) is 9.24. The molecule has 1 aliphatic rings. The Hall–Kier alpha value is -0.340. The summed E-state index contributed by atoms with van der Waals surface area (Å²) in [6.07, 6.45) is 3.26. The third-order valence-electron chi connectivity index (χ3n) is 3.03. The fraction of sp³-hybridized carbons (Fsp3) is 0.800. The predicted molar refractivity (Wildman–Crippen MR) is 49.0 cm³/mol. The van der Waals surface area contributed by atoms with Gasteiger partial charge in [-0.3, -0.25) is 0 Å². The molecule has 1 saturated heterocycles. The van der Waals surface area contributed by atoms with Gasteiger partial charge in [0, 0.05) is 31.5 Å². The maximum Gasteiger partial charge on any atom is 0.0776 e. The van der Waals surface area contributed by atoms with E-state index in [1.54, 1.807) is 0 Å². The van der Waals surface area contributed by atoms with Crippen molar-refractivity contribution in [2.75, 3.05) is 13.2 Å². The Morgan fingerprint density at radius 1 is 1.42 bits per heavy atom. The van der Waals surface area contributed by atoms with Crippen LogP contribution in [0.5, 0.6) is 0 Å². The molecule has 0 aromatic heterocycles. The number of hydrogen-bond donors (Lipinski definition) is 1. The van der Waals surface area contributed by atoms with E-state index < -0.39 is 5.60 Å². The van der Waals surface area contributed by atoms with Crippen molar-refractivity contribution in [2.45, 2.75) is 32.3 Å². The van der Waals surface area contributed by atoms with Crippen LogP contribution in [-0.4, -0.2) is 23.9 Å². The SMILES string of the molecule is C=CC(C)(C)C1(O)CCOCC1. The lowest BCUT2D eigenvalue weighted by molar-refractivity contribution is -0.115. The second-order valence-corrected chi connectivity index (χ2v) is 4.07. The minimum absolute atomic E-state index is 0.212.